The first-order valence-corrected chi connectivity index (χ1v) is 9.42. The molecular formula is C17H18F2N2O4S. The number of benzene rings is 2. The van der Waals surface area contributed by atoms with Crippen LogP contribution in [-0.2, 0) is 14.8 Å². The normalized spacial score (nSPS) is 11.1. The summed E-state index contributed by atoms with van der Waals surface area (Å²) in [4.78, 5) is 12.0. The molecule has 0 fully saturated rings. The fraction of sp³-hybridized carbons (Fsp3) is 0.235. The molecule has 9 heteroatoms. The number of nitrogens with zero attached hydrogens (tertiary/aromatic N) is 1. The van der Waals surface area contributed by atoms with Gasteiger partial charge in [-0.15, -0.1) is 0 Å². The van der Waals surface area contributed by atoms with Gasteiger partial charge in [0.25, 0.3) is 0 Å². The largest absolute Gasteiger partial charge is 0.497 e. The zero-order valence-corrected chi connectivity index (χ0v) is 15.0. The van der Waals surface area contributed by atoms with Crippen molar-refractivity contribution in [3.05, 3.63) is 54.1 Å². The lowest BCUT2D eigenvalue weighted by Gasteiger charge is -2.22. The molecule has 26 heavy (non-hydrogen) atoms. The summed E-state index contributed by atoms with van der Waals surface area (Å²) in [5.74, 6) is -2.17. The average molecular weight is 384 g/mol. The predicted molar refractivity (Wildman–Crippen MR) is 94.8 cm³/mol. The molecule has 140 valence electrons. The van der Waals surface area contributed by atoms with Gasteiger partial charge in [-0.1, -0.05) is 6.07 Å². The Morgan fingerprint density at radius 2 is 1.88 bits per heavy atom. The maximum atomic E-state index is 13.2. The Kier molecular flexibility index (Phi) is 6.14. The topological polar surface area (TPSA) is 75.7 Å². The Labute approximate surface area is 150 Å². The number of hydrogen-bond donors (Lipinski definition) is 1. The Morgan fingerprint density at radius 3 is 2.50 bits per heavy atom. The smallest absolute Gasteiger partial charge is 0.232 e. The van der Waals surface area contributed by atoms with Crippen molar-refractivity contribution in [1.29, 1.82) is 0 Å². The zero-order chi connectivity index (χ0) is 19.3. The summed E-state index contributed by atoms with van der Waals surface area (Å²) in [6.45, 7) is -0.124. The van der Waals surface area contributed by atoms with E-state index in [2.05, 4.69) is 5.32 Å². The number of nitrogens with one attached hydrogen (secondary N) is 1. The van der Waals surface area contributed by atoms with Crippen molar-refractivity contribution in [2.45, 2.75) is 6.42 Å². The highest BCUT2D eigenvalue weighted by Crippen LogP contribution is 2.23. The van der Waals surface area contributed by atoms with E-state index in [1.807, 2.05) is 0 Å². The van der Waals surface area contributed by atoms with Crippen LogP contribution >= 0.6 is 0 Å². The molecule has 0 saturated carbocycles. The third kappa shape index (κ3) is 5.16. The number of ether oxygens (including phenoxy) is 1. The Balaban J connectivity index is 2.09. The molecule has 0 unspecified atom stereocenters. The zero-order valence-electron chi connectivity index (χ0n) is 14.2. The molecule has 0 aliphatic carbocycles. The van der Waals surface area contributed by atoms with Gasteiger partial charge in [0.1, 0.15) is 5.75 Å². The highest BCUT2D eigenvalue weighted by atomic mass is 32.2. The van der Waals surface area contributed by atoms with Crippen LogP contribution in [0.3, 0.4) is 0 Å². The quantitative estimate of drug-likeness (QED) is 0.797. The molecule has 2 aromatic rings. The van der Waals surface area contributed by atoms with E-state index in [1.165, 1.54) is 19.2 Å². The molecule has 1 N–H and O–H groups in total. The van der Waals surface area contributed by atoms with Crippen LogP contribution in [0.4, 0.5) is 20.2 Å². The summed E-state index contributed by atoms with van der Waals surface area (Å²) in [6.07, 6.45) is 0.850. The van der Waals surface area contributed by atoms with Gasteiger partial charge in [0.05, 0.1) is 19.1 Å². The molecule has 0 saturated heterocycles. The van der Waals surface area contributed by atoms with Gasteiger partial charge in [-0.2, -0.15) is 0 Å². The molecule has 0 aliphatic heterocycles. The molecule has 0 atom stereocenters. The number of halogens is 2. The van der Waals surface area contributed by atoms with Crippen molar-refractivity contribution < 1.29 is 26.7 Å². The van der Waals surface area contributed by atoms with E-state index in [4.69, 9.17) is 4.74 Å². The Bertz CT molecular complexity index is 903. The number of carbonyl (C=O) groups is 1. The molecule has 0 aromatic heterocycles. The summed E-state index contributed by atoms with van der Waals surface area (Å²) in [5, 5.41) is 2.40. The lowest BCUT2D eigenvalue weighted by atomic mass is 10.2. The number of sulfonamides is 1. The standard InChI is InChI=1S/C17H18F2N2O4S/c1-25-14-5-3-4-13(11-14)21(26(2,23)24)9-8-17(22)20-12-6-7-15(18)16(19)10-12/h3-7,10-11H,8-9H2,1-2H3,(H,20,22). The van der Waals surface area contributed by atoms with Crippen molar-refractivity contribution >= 4 is 27.3 Å². The summed E-state index contributed by atoms with van der Waals surface area (Å²) in [6, 6.07) is 9.37. The minimum Gasteiger partial charge on any atom is -0.497 e. The van der Waals surface area contributed by atoms with Crippen LogP contribution in [0, 0.1) is 11.6 Å². The van der Waals surface area contributed by atoms with E-state index in [9.17, 15) is 22.0 Å². The lowest BCUT2D eigenvalue weighted by molar-refractivity contribution is -0.116. The number of anilines is 2. The summed E-state index contributed by atoms with van der Waals surface area (Å²) < 4.78 is 56.3. The van der Waals surface area contributed by atoms with Crippen LogP contribution in [0.25, 0.3) is 0 Å². The van der Waals surface area contributed by atoms with Crippen LogP contribution in [0.2, 0.25) is 0 Å². The second-order valence-corrected chi connectivity index (χ2v) is 7.37. The summed E-state index contributed by atoms with van der Waals surface area (Å²) in [7, 11) is -2.18. The average Bonchev–Trinajstić information content (AvgIpc) is 2.57. The molecule has 2 aromatic carbocycles. The second kappa shape index (κ2) is 8.13. The maximum Gasteiger partial charge on any atom is 0.232 e. The molecule has 0 aliphatic rings. The molecule has 0 heterocycles. The van der Waals surface area contributed by atoms with Crippen LogP contribution in [0.5, 0.6) is 5.75 Å². The van der Waals surface area contributed by atoms with Gasteiger partial charge in [-0.05, 0) is 24.3 Å². The SMILES string of the molecule is COc1cccc(N(CCC(=O)Nc2ccc(F)c(F)c2)S(C)(=O)=O)c1. The van der Waals surface area contributed by atoms with Gasteiger partial charge in [0.2, 0.25) is 15.9 Å². The summed E-state index contributed by atoms with van der Waals surface area (Å²) >= 11 is 0. The minimum atomic E-state index is -3.64. The van der Waals surface area contributed by atoms with Gasteiger partial charge >= 0.3 is 0 Å². The van der Waals surface area contributed by atoms with Gasteiger partial charge in [0.15, 0.2) is 11.6 Å². The predicted octanol–water partition coefficient (Wildman–Crippen LogP) is 2.77. The van der Waals surface area contributed by atoms with Gasteiger partial charge in [-0.3, -0.25) is 9.10 Å². The number of carbonyl (C=O) groups excluding carboxylic acids is 1. The van der Waals surface area contributed by atoms with Gasteiger partial charge < -0.3 is 10.1 Å². The van der Waals surface area contributed by atoms with Crippen molar-refractivity contribution in [1.82, 2.24) is 0 Å². The first kappa shape index (κ1) is 19.6. The first-order chi connectivity index (χ1) is 12.2. The Morgan fingerprint density at radius 1 is 1.15 bits per heavy atom. The molecule has 2 rings (SSSR count). The molecule has 1 amide bonds. The number of methoxy groups -OCH3 is 1. The fourth-order valence-electron chi connectivity index (χ4n) is 2.25. The van der Waals surface area contributed by atoms with E-state index in [0.29, 0.717) is 11.4 Å². The molecule has 0 bridgehead atoms. The van der Waals surface area contributed by atoms with E-state index in [1.54, 1.807) is 18.2 Å². The maximum absolute atomic E-state index is 13.2. The number of amides is 1. The molecule has 0 radical (unpaired) electrons. The fourth-order valence-corrected chi connectivity index (χ4v) is 3.17. The number of rotatable bonds is 7. The van der Waals surface area contributed by atoms with E-state index in [0.717, 1.165) is 22.7 Å². The van der Waals surface area contributed by atoms with E-state index < -0.39 is 27.6 Å². The third-order valence-corrected chi connectivity index (χ3v) is 4.68. The van der Waals surface area contributed by atoms with Gasteiger partial charge in [0, 0.05) is 30.8 Å². The van der Waals surface area contributed by atoms with Crippen molar-refractivity contribution in [2.24, 2.45) is 0 Å². The molecule has 0 spiro atoms. The van der Waals surface area contributed by atoms with Crippen LogP contribution < -0.4 is 14.4 Å². The molecular weight excluding hydrogens is 366 g/mol. The number of hydrogen-bond acceptors (Lipinski definition) is 4. The van der Waals surface area contributed by atoms with E-state index in [-0.39, 0.29) is 18.7 Å². The highest BCUT2D eigenvalue weighted by molar-refractivity contribution is 7.92. The first-order valence-electron chi connectivity index (χ1n) is 7.57. The second-order valence-electron chi connectivity index (χ2n) is 5.46. The highest BCUT2D eigenvalue weighted by Gasteiger charge is 2.19. The van der Waals surface area contributed by atoms with Gasteiger partial charge in [-0.25, -0.2) is 17.2 Å². The molecule has 6 nitrogen and oxygen atoms in total. The Hall–Kier alpha value is -2.68. The lowest BCUT2D eigenvalue weighted by Crippen LogP contribution is -2.33. The van der Waals surface area contributed by atoms with Crippen molar-refractivity contribution in [3.63, 3.8) is 0 Å². The van der Waals surface area contributed by atoms with Crippen molar-refractivity contribution in [2.75, 3.05) is 29.5 Å². The monoisotopic (exact) mass is 384 g/mol. The minimum absolute atomic E-state index is 0.0844. The van der Waals surface area contributed by atoms with Crippen LogP contribution in [0.1, 0.15) is 6.42 Å². The van der Waals surface area contributed by atoms with Crippen LogP contribution in [-0.4, -0.2) is 34.2 Å². The van der Waals surface area contributed by atoms with Crippen LogP contribution in [0.15, 0.2) is 42.5 Å². The van der Waals surface area contributed by atoms with E-state index >= 15 is 0 Å². The van der Waals surface area contributed by atoms with Crippen molar-refractivity contribution in [3.8, 4) is 5.75 Å². The summed E-state index contributed by atoms with van der Waals surface area (Å²) in [5.41, 5.74) is 0.439. The third-order valence-electron chi connectivity index (χ3n) is 3.49.